The first kappa shape index (κ1) is 49.1. The van der Waals surface area contributed by atoms with Gasteiger partial charge in [0.1, 0.15) is 28.2 Å². The number of hydrogen-bond acceptors (Lipinski definition) is 10. The van der Waals surface area contributed by atoms with Gasteiger partial charge >= 0.3 is 7.69 Å². The molecule has 0 atom stereocenters. The molecule has 16 rings (SSSR count). The van der Waals surface area contributed by atoms with E-state index in [2.05, 4.69) is 143 Å². The fourth-order valence-corrected chi connectivity index (χ4v) is 11.6. The summed E-state index contributed by atoms with van der Waals surface area (Å²) in [7, 11) is 3.79. The van der Waals surface area contributed by atoms with Crippen LogP contribution < -0.4 is 14.1 Å². The second kappa shape index (κ2) is 20.3. The van der Waals surface area contributed by atoms with Crippen LogP contribution in [0.3, 0.4) is 0 Å². The van der Waals surface area contributed by atoms with Crippen LogP contribution in [0.1, 0.15) is 0 Å². The van der Waals surface area contributed by atoms with E-state index in [9.17, 15) is 5.02 Å². The second-order valence-corrected chi connectivity index (χ2v) is 20.0. The van der Waals surface area contributed by atoms with Crippen molar-refractivity contribution in [3.05, 3.63) is 237 Å². The molecule has 0 saturated carbocycles. The second-order valence-electron chi connectivity index (χ2n) is 20.0. The lowest BCUT2D eigenvalue weighted by atomic mass is 10.1. The number of para-hydroxylation sites is 5. The van der Waals surface area contributed by atoms with Crippen LogP contribution in [0.4, 0.5) is 0 Å². The number of furan rings is 2. The molecule has 0 amide bonds. The van der Waals surface area contributed by atoms with Crippen LogP contribution in [0.15, 0.2) is 245 Å². The number of methoxy groups -OCH3 is 2. The zero-order valence-corrected chi connectivity index (χ0v) is 44.8. The molecule has 13 heteroatoms. The molecular weight excluding hydrogens is 1030 g/mol. The van der Waals surface area contributed by atoms with Crippen LogP contribution in [-0.4, -0.2) is 56.0 Å². The number of rotatable bonds is 10. The summed E-state index contributed by atoms with van der Waals surface area (Å²) in [5.74, 6) is 2.56. The van der Waals surface area contributed by atoms with Gasteiger partial charge in [0.15, 0.2) is 39.7 Å². The smallest absolute Gasteiger partial charge is 0.535 e. The fourth-order valence-electron chi connectivity index (χ4n) is 11.6. The molecule has 83 heavy (non-hydrogen) atoms. The van der Waals surface area contributed by atoms with Crippen LogP contribution in [0, 0.1) is 0 Å². The van der Waals surface area contributed by atoms with Gasteiger partial charge in [0.05, 0.1) is 47.1 Å². The van der Waals surface area contributed by atoms with Gasteiger partial charge in [0.2, 0.25) is 5.75 Å². The van der Waals surface area contributed by atoms with E-state index in [-0.39, 0.29) is 0 Å². The van der Waals surface area contributed by atoms with E-state index in [1.54, 1.807) is 13.2 Å². The standard InChI is InChI=1S/C35H23BN3O4.C35H23N3O2/c1-41-33-29(43-36-40)19-18-26-31-34(42-32(26)33)30(21-10-3-2-4-11-21)37-35(38-31)22-12-9-13-23(20-22)39-27-16-7-5-14-24(27)25-15-6-8-17-28(25)39;1-39-30-20-10-17-27-32-34(40-33(27)30)31(22-11-3-2-4-12-22)36-35(37-32)23-13-9-14-24(21-23)38-28-18-7-5-15-25(28)26-16-6-8-19-29(26)38/h2-20,40H,1H3;2-21H,1H3. The van der Waals surface area contributed by atoms with Gasteiger partial charge in [0, 0.05) is 55.2 Å². The Kier molecular flexibility index (Phi) is 12.0. The largest absolute Gasteiger partial charge is 0.569 e. The number of ether oxygens (including phenoxy) is 2. The topological polar surface area (TPSA) is 136 Å². The Labute approximate surface area is 475 Å². The van der Waals surface area contributed by atoms with Crippen molar-refractivity contribution in [2.75, 3.05) is 14.2 Å². The van der Waals surface area contributed by atoms with E-state index in [0.717, 1.165) is 77.7 Å². The van der Waals surface area contributed by atoms with Crippen molar-refractivity contribution in [1.29, 1.82) is 0 Å². The maximum atomic E-state index is 9.26. The Balaban J connectivity index is 0.000000142. The molecule has 395 valence electrons. The van der Waals surface area contributed by atoms with Crippen LogP contribution >= 0.6 is 0 Å². The highest BCUT2D eigenvalue weighted by atomic mass is 16.5. The quantitative estimate of drug-likeness (QED) is 0.132. The van der Waals surface area contributed by atoms with Gasteiger partial charge in [-0.1, -0.05) is 164 Å². The monoisotopic (exact) mass is 1080 g/mol. The van der Waals surface area contributed by atoms with E-state index in [1.807, 2.05) is 97.1 Å². The van der Waals surface area contributed by atoms with Crippen molar-refractivity contribution >= 4 is 95.4 Å². The number of fused-ring (bicyclic) bond motifs is 12. The third kappa shape index (κ3) is 8.20. The van der Waals surface area contributed by atoms with Crippen molar-refractivity contribution in [2.45, 2.75) is 0 Å². The molecule has 6 heterocycles. The third-order valence-corrected chi connectivity index (χ3v) is 15.3. The van der Waals surface area contributed by atoms with Crippen LogP contribution in [0.5, 0.6) is 17.2 Å². The number of nitrogens with zero attached hydrogens (tertiary/aromatic N) is 6. The van der Waals surface area contributed by atoms with Crippen molar-refractivity contribution in [1.82, 2.24) is 29.1 Å². The zero-order chi connectivity index (χ0) is 55.5. The minimum Gasteiger partial charge on any atom is -0.535 e. The van der Waals surface area contributed by atoms with Gasteiger partial charge in [-0.15, -0.1) is 0 Å². The summed E-state index contributed by atoms with van der Waals surface area (Å²) in [6.07, 6.45) is 0. The molecule has 16 aromatic rings. The minimum atomic E-state index is 0.324. The van der Waals surface area contributed by atoms with Crippen molar-refractivity contribution in [2.24, 2.45) is 0 Å². The molecule has 0 unspecified atom stereocenters. The van der Waals surface area contributed by atoms with Gasteiger partial charge in [-0.2, -0.15) is 0 Å². The first-order valence-corrected chi connectivity index (χ1v) is 27.0. The third-order valence-electron chi connectivity index (χ3n) is 15.3. The minimum absolute atomic E-state index is 0.324. The molecular formula is C70H46BN6O6. The summed E-state index contributed by atoms with van der Waals surface area (Å²) in [4.78, 5) is 20.3. The Morgan fingerprint density at radius 2 is 0.771 bits per heavy atom. The normalized spacial score (nSPS) is 11.6. The molecule has 0 saturated heterocycles. The highest BCUT2D eigenvalue weighted by Crippen LogP contribution is 2.44. The maximum absolute atomic E-state index is 9.26. The Morgan fingerprint density at radius 1 is 0.361 bits per heavy atom. The molecule has 0 bridgehead atoms. The van der Waals surface area contributed by atoms with E-state index in [1.165, 1.54) is 28.7 Å². The van der Waals surface area contributed by atoms with E-state index < -0.39 is 0 Å². The summed E-state index contributed by atoms with van der Waals surface area (Å²) in [5, 5.41) is 15.8. The maximum Gasteiger partial charge on any atom is 0.569 e. The van der Waals surface area contributed by atoms with Gasteiger partial charge in [-0.3, -0.25) is 0 Å². The molecule has 10 aromatic carbocycles. The van der Waals surface area contributed by atoms with Crippen molar-refractivity contribution in [3.8, 4) is 73.9 Å². The summed E-state index contributed by atoms with van der Waals surface area (Å²) in [6, 6.07) is 80.2. The van der Waals surface area contributed by atoms with Gasteiger partial charge in [-0.25, -0.2) is 19.9 Å². The summed E-state index contributed by atoms with van der Waals surface area (Å²) < 4.78 is 33.8. The van der Waals surface area contributed by atoms with Crippen LogP contribution in [0.2, 0.25) is 0 Å². The lowest BCUT2D eigenvalue weighted by Crippen LogP contribution is -2.01. The molecule has 0 aliphatic rings. The highest BCUT2D eigenvalue weighted by Gasteiger charge is 2.24. The summed E-state index contributed by atoms with van der Waals surface area (Å²) in [6.45, 7) is 0. The zero-order valence-electron chi connectivity index (χ0n) is 44.8. The van der Waals surface area contributed by atoms with Gasteiger partial charge in [0.25, 0.3) is 0 Å². The lowest BCUT2D eigenvalue weighted by molar-refractivity contribution is 0.380. The Bertz CT molecular complexity index is 5060. The van der Waals surface area contributed by atoms with Gasteiger partial charge in [-0.05, 0) is 72.8 Å². The highest BCUT2D eigenvalue weighted by molar-refractivity contribution is 6.18. The van der Waals surface area contributed by atoms with Crippen molar-refractivity contribution < 1.29 is 28.0 Å². The van der Waals surface area contributed by atoms with Crippen molar-refractivity contribution in [3.63, 3.8) is 0 Å². The molecule has 0 spiro atoms. The van der Waals surface area contributed by atoms with Gasteiger partial charge < -0.3 is 37.1 Å². The number of benzene rings is 10. The van der Waals surface area contributed by atoms with Crippen LogP contribution in [0.25, 0.3) is 144 Å². The summed E-state index contributed by atoms with van der Waals surface area (Å²) in [5.41, 5.74) is 15.5. The Hall–Kier alpha value is -11.0. The average molecular weight is 1080 g/mol. The molecule has 6 aromatic heterocycles. The van der Waals surface area contributed by atoms with E-state index >= 15 is 0 Å². The van der Waals surface area contributed by atoms with E-state index in [4.69, 9.17) is 42.9 Å². The average Bonchev–Trinajstić information content (AvgIpc) is 4.52. The lowest BCUT2D eigenvalue weighted by Gasteiger charge is -2.11. The first-order chi connectivity index (χ1) is 41.0. The summed E-state index contributed by atoms with van der Waals surface area (Å²) >= 11 is 0. The Morgan fingerprint density at radius 3 is 1.23 bits per heavy atom. The van der Waals surface area contributed by atoms with Crippen LogP contribution in [-0.2, 0) is 0 Å². The number of hydrogen-bond donors (Lipinski definition) is 1. The molecule has 1 radical (unpaired) electrons. The molecule has 0 aliphatic carbocycles. The number of aromatic nitrogens is 6. The molecule has 1 N–H and O–H groups in total. The fraction of sp³-hybridized carbons (Fsp3) is 0.0286. The molecule has 0 aliphatic heterocycles. The predicted molar refractivity (Wildman–Crippen MR) is 331 cm³/mol. The van der Waals surface area contributed by atoms with E-state index in [0.29, 0.717) is 70.1 Å². The predicted octanol–water partition coefficient (Wildman–Crippen LogP) is 16.5. The molecule has 12 nitrogen and oxygen atoms in total. The first-order valence-electron chi connectivity index (χ1n) is 27.0. The SMILES string of the molecule is COc1c(O[B]O)ccc2c1oc1c(-c3ccccc3)nc(-c3cccc(-n4c5ccccc5c5ccccc54)c3)nc12.COc1cccc2c1oc1c(-c3ccccc3)nc(-c3cccc(-n4c5ccccc5c5ccccc54)c3)nc12. The molecule has 0 fully saturated rings.